The van der Waals surface area contributed by atoms with Crippen molar-refractivity contribution >= 4 is 17.1 Å². The van der Waals surface area contributed by atoms with Crippen molar-refractivity contribution < 1.29 is 9.53 Å². The summed E-state index contributed by atoms with van der Waals surface area (Å²) in [5.41, 5.74) is 1.75. The molecular weight excluding hydrogens is 198 g/mol. The second kappa shape index (κ2) is 4.66. The van der Waals surface area contributed by atoms with Crippen LogP contribution >= 0.6 is 11.3 Å². The van der Waals surface area contributed by atoms with E-state index in [0.717, 1.165) is 30.7 Å². The molecule has 1 aliphatic heterocycles. The normalized spacial score (nSPS) is 22.1. The maximum absolute atomic E-state index is 11.7. The van der Waals surface area contributed by atoms with E-state index in [4.69, 9.17) is 4.74 Å². The quantitative estimate of drug-likeness (QED) is 0.765. The molecule has 0 bridgehead atoms. The molecule has 2 heterocycles. The van der Waals surface area contributed by atoms with E-state index in [1.807, 2.05) is 0 Å². The molecule has 0 spiro atoms. The lowest BCUT2D eigenvalue weighted by Gasteiger charge is -2.20. The van der Waals surface area contributed by atoms with Gasteiger partial charge in [0.15, 0.2) is 5.78 Å². The largest absolute Gasteiger partial charge is 0.370 e. The standard InChI is InChI=1S/C10H13NO2S/c12-9(5-8-6-11-7-14-8)10-3-1-2-4-13-10/h6-7,10H,1-5H2. The van der Waals surface area contributed by atoms with Gasteiger partial charge in [-0.3, -0.25) is 9.78 Å². The number of Topliss-reactive ketones (excluding diaryl/α,β-unsaturated/α-hetero) is 1. The molecule has 0 aliphatic carbocycles. The van der Waals surface area contributed by atoms with Crippen LogP contribution in [0.15, 0.2) is 11.7 Å². The molecule has 0 aromatic carbocycles. The molecule has 1 fully saturated rings. The Morgan fingerprint density at radius 2 is 2.57 bits per heavy atom. The minimum atomic E-state index is -0.161. The molecular formula is C10H13NO2S. The maximum Gasteiger partial charge on any atom is 0.166 e. The lowest BCUT2D eigenvalue weighted by Crippen LogP contribution is -2.29. The highest BCUT2D eigenvalue weighted by Gasteiger charge is 2.21. The molecule has 1 saturated heterocycles. The first-order chi connectivity index (χ1) is 6.86. The van der Waals surface area contributed by atoms with Crippen LogP contribution in [-0.4, -0.2) is 23.5 Å². The van der Waals surface area contributed by atoms with Crippen molar-refractivity contribution in [1.82, 2.24) is 4.98 Å². The van der Waals surface area contributed by atoms with Gasteiger partial charge in [-0.2, -0.15) is 0 Å². The first-order valence-electron chi connectivity index (χ1n) is 4.88. The van der Waals surface area contributed by atoms with Crippen LogP contribution in [0.2, 0.25) is 0 Å². The van der Waals surface area contributed by atoms with Gasteiger partial charge in [-0.05, 0) is 19.3 Å². The van der Waals surface area contributed by atoms with Crippen molar-refractivity contribution in [2.24, 2.45) is 0 Å². The van der Waals surface area contributed by atoms with Gasteiger partial charge < -0.3 is 4.74 Å². The highest BCUT2D eigenvalue weighted by molar-refractivity contribution is 7.09. The fraction of sp³-hybridized carbons (Fsp3) is 0.600. The molecule has 2 rings (SSSR count). The van der Waals surface area contributed by atoms with Gasteiger partial charge in [0.05, 0.1) is 5.51 Å². The molecule has 4 heteroatoms. The Kier molecular flexibility index (Phi) is 3.26. The van der Waals surface area contributed by atoms with E-state index in [1.165, 1.54) is 11.3 Å². The molecule has 1 aromatic heterocycles. The van der Waals surface area contributed by atoms with Gasteiger partial charge in [-0.15, -0.1) is 11.3 Å². The highest BCUT2D eigenvalue weighted by Crippen LogP contribution is 2.16. The number of rotatable bonds is 3. The molecule has 0 saturated carbocycles. The smallest absolute Gasteiger partial charge is 0.166 e. The van der Waals surface area contributed by atoms with Crippen LogP contribution in [0.25, 0.3) is 0 Å². The van der Waals surface area contributed by atoms with Crippen molar-refractivity contribution in [1.29, 1.82) is 0 Å². The van der Waals surface area contributed by atoms with Gasteiger partial charge in [0.2, 0.25) is 0 Å². The molecule has 3 nitrogen and oxygen atoms in total. The third kappa shape index (κ3) is 2.39. The number of nitrogens with zero attached hydrogens (tertiary/aromatic N) is 1. The minimum Gasteiger partial charge on any atom is -0.370 e. The van der Waals surface area contributed by atoms with Gasteiger partial charge >= 0.3 is 0 Å². The van der Waals surface area contributed by atoms with Crippen molar-refractivity contribution in [3.63, 3.8) is 0 Å². The number of ether oxygens (including phenoxy) is 1. The van der Waals surface area contributed by atoms with Crippen molar-refractivity contribution in [3.05, 3.63) is 16.6 Å². The Morgan fingerprint density at radius 1 is 1.64 bits per heavy atom. The molecule has 1 aliphatic rings. The third-order valence-electron chi connectivity index (χ3n) is 2.37. The Labute approximate surface area is 87.1 Å². The van der Waals surface area contributed by atoms with Crippen LogP contribution in [-0.2, 0) is 16.0 Å². The van der Waals surface area contributed by atoms with Crippen molar-refractivity contribution in [2.45, 2.75) is 31.8 Å². The number of hydrogen-bond acceptors (Lipinski definition) is 4. The Balaban J connectivity index is 1.88. The zero-order valence-corrected chi connectivity index (χ0v) is 8.76. The van der Waals surface area contributed by atoms with Crippen LogP contribution < -0.4 is 0 Å². The SMILES string of the molecule is O=C(Cc1cncs1)C1CCCCO1. The molecule has 0 radical (unpaired) electrons. The molecule has 1 unspecified atom stereocenters. The van der Waals surface area contributed by atoms with Crippen LogP contribution in [0, 0.1) is 0 Å². The van der Waals surface area contributed by atoms with Crippen molar-refractivity contribution in [3.8, 4) is 0 Å². The predicted molar refractivity (Wildman–Crippen MR) is 54.4 cm³/mol. The summed E-state index contributed by atoms with van der Waals surface area (Å²) >= 11 is 1.53. The summed E-state index contributed by atoms with van der Waals surface area (Å²) in [7, 11) is 0. The molecule has 76 valence electrons. The third-order valence-corrected chi connectivity index (χ3v) is 3.15. The summed E-state index contributed by atoms with van der Waals surface area (Å²) in [6, 6.07) is 0. The summed E-state index contributed by atoms with van der Waals surface area (Å²) in [5.74, 6) is 0.203. The molecule has 1 atom stereocenters. The number of ketones is 1. The van der Waals surface area contributed by atoms with Crippen LogP contribution in [0.1, 0.15) is 24.1 Å². The van der Waals surface area contributed by atoms with E-state index < -0.39 is 0 Å². The monoisotopic (exact) mass is 211 g/mol. The second-order valence-electron chi connectivity index (χ2n) is 3.47. The first-order valence-corrected chi connectivity index (χ1v) is 5.76. The summed E-state index contributed by atoms with van der Waals surface area (Å²) in [5, 5.41) is 0. The van der Waals surface area contributed by atoms with Gasteiger partial charge in [0.1, 0.15) is 6.10 Å². The summed E-state index contributed by atoms with van der Waals surface area (Å²) in [4.78, 5) is 16.7. The number of hydrogen-bond donors (Lipinski definition) is 0. The fourth-order valence-corrected chi connectivity index (χ4v) is 2.21. The van der Waals surface area contributed by atoms with Crippen molar-refractivity contribution in [2.75, 3.05) is 6.61 Å². The summed E-state index contributed by atoms with van der Waals surface area (Å²) in [6.07, 6.45) is 5.16. The average molecular weight is 211 g/mol. The van der Waals surface area contributed by atoms with E-state index in [2.05, 4.69) is 4.98 Å². The van der Waals surface area contributed by atoms with Crippen LogP contribution in [0.5, 0.6) is 0 Å². The Bertz CT molecular complexity index is 291. The maximum atomic E-state index is 11.7. The predicted octanol–water partition coefficient (Wildman–Crippen LogP) is 1.82. The summed E-state index contributed by atoms with van der Waals surface area (Å²) in [6.45, 7) is 0.735. The molecule has 0 amide bonds. The fourth-order valence-electron chi connectivity index (χ4n) is 1.61. The van der Waals surface area contributed by atoms with Gasteiger partial charge in [0, 0.05) is 24.1 Å². The van der Waals surface area contributed by atoms with E-state index in [0.29, 0.717) is 6.42 Å². The molecule has 1 aromatic rings. The number of carbonyl (C=O) groups excluding carboxylic acids is 1. The number of aromatic nitrogens is 1. The molecule has 14 heavy (non-hydrogen) atoms. The number of carbonyl (C=O) groups is 1. The van der Waals surface area contributed by atoms with Crippen LogP contribution in [0.4, 0.5) is 0 Å². The second-order valence-corrected chi connectivity index (χ2v) is 4.44. The average Bonchev–Trinajstić information content (AvgIpc) is 2.72. The van der Waals surface area contributed by atoms with E-state index in [-0.39, 0.29) is 11.9 Å². The minimum absolute atomic E-state index is 0.161. The highest BCUT2D eigenvalue weighted by atomic mass is 32.1. The topological polar surface area (TPSA) is 39.2 Å². The Hall–Kier alpha value is -0.740. The summed E-state index contributed by atoms with van der Waals surface area (Å²) < 4.78 is 5.42. The van der Waals surface area contributed by atoms with E-state index >= 15 is 0 Å². The van der Waals surface area contributed by atoms with Crippen LogP contribution in [0.3, 0.4) is 0 Å². The lowest BCUT2D eigenvalue weighted by molar-refractivity contribution is -0.132. The zero-order valence-electron chi connectivity index (χ0n) is 7.94. The lowest BCUT2D eigenvalue weighted by atomic mass is 10.0. The van der Waals surface area contributed by atoms with Gasteiger partial charge in [-0.1, -0.05) is 0 Å². The Morgan fingerprint density at radius 3 is 3.21 bits per heavy atom. The number of thiazole rings is 1. The molecule has 0 N–H and O–H groups in total. The van der Waals surface area contributed by atoms with Gasteiger partial charge in [0.25, 0.3) is 0 Å². The van der Waals surface area contributed by atoms with E-state index in [1.54, 1.807) is 11.7 Å². The zero-order chi connectivity index (χ0) is 9.80. The van der Waals surface area contributed by atoms with E-state index in [9.17, 15) is 4.79 Å². The first kappa shape index (κ1) is 9.80. The van der Waals surface area contributed by atoms with Gasteiger partial charge in [-0.25, -0.2) is 0 Å².